The SMILES string of the molecule is CC(C)(C)S(C)(C)OCCN(C#N)c1ccc(N2CC(CNC(=O)c3ccc(Cl)s3)OC2=O)cc1. The van der Waals surface area contributed by atoms with Gasteiger partial charge in [0.1, 0.15) is 6.10 Å². The van der Waals surface area contributed by atoms with E-state index in [0.29, 0.717) is 34.6 Å². The van der Waals surface area contributed by atoms with Crippen molar-refractivity contribution < 1.29 is 18.5 Å². The molecule has 1 aromatic heterocycles. The molecule has 1 fully saturated rings. The Morgan fingerprint density at radius 1 is 1.31 bits per heavy atom. The minimum Gasteiger partial charge on any atom is -0.442 e. The second-order valence-electron chi connectivity index (χ2n) is 9.37. The van der Waals surface area contributed by atoms with E-state index in [2.05, 4.69) is 44.8 Å². The number of halogens is 1. The number of rotatable bonds is 9. The van der Waals surface area contributed by atoms with Crippen LogP contribution in [-0.2, 0) is 8.92 Å². The number of hydrogen-bond donors (Lipinski definition) is 1. The number of anilines is 2. The van der Waals surface area contributed by atoms with Gasteiger partial charge in [-0.15, -0.1) is 21.6 Å². The molecule has 2 heterocycles. The zero-order valence-corrected chi connectivity index (χ0v) is 22.9. The van der Waals surface area contributed by atoms with Gasteiger partial charge in [-0.05, 0) is 48.9 Å². The van der Waals surface area contributed by atoms with Gasteiger partial charge >= 0.3 is 6.09 Å². The normalized spacial score (nSPS) is 16.5. The molecular weight excluding hydrogens is 508 g/mol. The van der Waals surface area contributed by atoms with Crippen molar-refractivity contribution in [3.8, 4) is 6.19 Å². The van der Waals surface area contributed by atoms with Crippen LogP contribution < -0.4 is 15.1 Å². The second kappa shape index (κ2) is 11.1. The number of nitriles is 1. The van der Waals surface area contributed by atoms with E-state index in [4.69, 9.17) is 20.5 Å². The molecule has 1 atom stereocenters. The topological polar surface area (TPSA) is 94.9 Å². The van der Waals surface area contributed by atoms with E-state index in [1.807, 2.05) is 0 Å². The number of carbonyl (C=O) groups is 2. The molecule has 1 unspecified atom stereocenters. The summed E-state index contributed by atoms with van der Waals surface area (Å²) in [5.41, 5.74) is 1.37. The maximum absolute atomic E-state index is 12.4. The maximum Gasteiger partial charge on any atom is 0.414 e. The lowest BCUT2D eigenvalue weighted by Crippen LogP contribution is -2.34. The van der Waals surface area contributed by atoms with Gasteiger partial charge < -0.3 is 14.2 Å². The van der Waals surface area contributed by atoms with E-state index in [-0.39, 0.29) is 17.2 Å². The fourth-order valence-corrected chi connectivity index (χ4v) is 4.94. The van der Waals surface area contributed by atoms with Crippen molar-refractivity contribution >= 4 is 56.6 Å². The van der Waals surface area contributed by atoms with Crippen LogP contribution in [0.25, 0.3) is 0 Å². The summed E-state index contributed by atoms with van der Waals surface area (Å²) in [6.45, 7) is 7.86. The molecule has 1 aromatic carbocycles. The molecule has 1 aliphatic heterocycles. The smallest absolute Gasteiger partial charge is 0.414 e. The molecule has 0 saturated carbocycles. The summed E-state index contributed by atoms with van der Waals surface area (Å²) in [5.74, 6) is -0.256. The number of benzene rings is 1. The van der Waals surface area contributed by atoms with E-state index in [1.54, 1.807) is 41.3 Å². The average Bonchev–Trinajstić information content (AvgIpc) is 3.40. The van der Waals surface area contributed by atoms with E-state index in [9.17, 15) is 14.9 Å². The van der Waals surface area contributed by atoms with Crippen LogP contribution in [0.2, 0.25) is 4.34 Å². The van der Waals surface area contributed by atoms with Crippen molar-refractivity contribution in [2.24, 2.45) is 0 Å². The highest BCUT2D eigenvalue weighted by Gasteiger charge is 2.33. The van der Waals surface area contributed by atoms with Gasteiger partial charge in [0.15, 0.2) is 6.19 Å². The Bertz CT molecular complexity index is 1090. The summed E-state index contributed by atoms with van der Waals surface area (Å²) in [4.78, 5) is 28.2. The van der Waals surface area contributed by atoms with Crippen molar-refractivity contribution in [2.45, 2.75) is 31.6 Å². The summed E-state index contributed by atoms with van der Waals surface area (Å²) in [6, 6.07) is 10.5. The van der Waals surface area contributed by atoms with E-state index < -0.39 is 22.5 Å². The fraction of sp³-hybridized carbons (Fsp3) is 0.458. The minimum atomic E-state index is -1.26. The Morgan fingerprint density at radius 3 is 2.57 bits per heavy atom. The van der Waals surface area contributed by atoms with Gasteiger partial charge in [0.25, 0.3) is 5.91 Å². The van der Waals surface area contributed by atoms with Gasteiger partial charge in [0, 0.05) is 10.4 Å². The monoisotopic (exact) mass is 538 g/mol. The first-order valence-electron chi connectivity index (χ1n) is 11.1. The highest BCUT2D eigenvalue weighted by atomic mass is 35.5. The van der Waals surface area contributed by atoms with Crippen LogP contribution in [0.1, 0.15) is 30.4 Å². The zero-order chi connectivity index (χ0) is 25.8. The lowest BCUT2D eigenvalue weighted by molar-refractivity contribution is 0.0920. The predicted molar refractivity (Wildman–Crippen MR) is 144 cm³/mol. The third-order valence-corrected chi connectivity index (χ3v) is 10.9. The number of nitrogens with one attached hydrogen (secondary N) is 1. The Kier molecular flexibility index (Phi) is 8.59. The van der Waals surface area contributed by atoms with Gasteiger partial charge in [-0.25, -0.2) is 4.79 Å². The molecule has 1 N–H and O–H groups in total. The van der Waals surface area contributed by atoms with Crippen molar-refractivity contribution in [2.75, 3.05) is 48.6 Å². The number of amides is 2. The summed E-state index contributed by atoms with van der Waals surface area (Å²) < 4.78 is 12.1. The molecule has 2 aromatic rings. The third kappa shape index (κ3) is 6.82. The molecule has 1 saturated heterocycles. The fourth-order valence-electron chi connectivity index (χ4n) is 3.13. The first-order valence-corrected chi connectivity index (χ1v) is 14.6. The zero-order valence-electron chi connectivity index (χ0n) is 20.5. The molecule has 3 rings (SSSR count). The van der Waals surface area contributed by atoms with Gasteiger partial charge in [-0.3, -0.25) is 14.6 Å². The van der Waals surface area contributed by atoms with Crippen molar-refractivity contribution in [3.05, 3.63) is 45.6 Å². The predicted octanol–water partition coefficient (Wildman–Crippen LogP) is 5.24. The van der Waals surface area contributed by atoms with Crippen LogP contribution >= 0.6 is 33.2 Å². The van der Waals surface area contributed by atoms with E-state index in [0.717, 1.165) is 5.69 Å². The lowest BCUT2D eigenvalue weighted by Gasteiger charge is -2.43. The molecule has 11 heteroatoms. The van der Waals surface area contributed by atoms with Crippen LogP contribution in [0, 0.1) is 11.5 Å². The van der Waals surface area contributed by atoms with Gasteiger partial charge in [0.2, 0.25) is 0 Å². The molecule has 2 amide bonds. The molecule has 0 aliphatic carbocycles. The molecule has 8 nitrogen and oxygen atoms in total. The Labute approximate surface area is 217 Å². The standard InChI is InChI=1S/C24H31ClN4O4S2/c1-24(2,3)35(4,5)32-13-12-28(16-26)17-6-8-18(9-7-17)29-15-19(33-23(29)31)14-27-22(30)20-10-11-21(25)34-20/h6-11,19H,12-15H2,1-5H3,(H,27,30). The number of hydrogen-bond acceptors (Lipinski definition) is 7. The highest BCUT2D eigenvalue weighted by Crippen LogP contribution is 2.53. The Balaban J connectivity index is 1.54. The van der Waals surface area contributed by atoms with Crippen LogP contribution in [-0.4, -0.2) is 61.6 Å². The summed E-state index contributed by atoms with van der Waals surface area (Å²) in [5, 5.41) is 12.4. The van der Waals surface area contributed by atoms with Gasteiger partial charge in [0.05, 0.1) is 41.1 Å². The van der Waals surface area contributed by atoms with Crippen LogP contribution in [0.3, 0.4) is 0 Å². The van der Waals surface area contributed by atoms with Gasteiger partial charge in [-0.2, -0.15) is 5.26 Å². The average molecular weight is 539 g/mol. The van der Waals surface area contributed by atoms with Gasteiger partial charge in [-0.1, -0.05) is 32.4 Å². The second-order valence-corrected chi connectivity index (χ2v) is 15.0. The van der Waals surface area contributed by atoms with E-state index in [1.165, 1.54) is 16.2 Å². The molecule has 0 radical (unpaired) electrons. The molecule has 35 heavy (non-hydrogen) atoms. The summed E-state index contributed by atoms with van der Waals surface area (Å²) in [7, 11) is -1.26. The van der Waals surface area contributed by atoms with Crippen LogP contribution in [0.5, 0.6) is 0 Å². The molecule has 0 spiro atoms. The van der Waals surface area contributed by atoms with Crippen LogP contribution in [0.15, 0.2) is 36.4 Å². The molecule has 190 valence electrons. The first-order chi connectivity index (χ1) is 16.4. The number of carbonyl (C=O) groups excluding carboxylic acids is 2. The van der Waals surface area contributed by atoms with Crippen LogP contribution in [0.4, 0.5) is 16.2 Å². The number of cyclic esters (lactones) is 1. The lowest BCUT2D eigenvalue weighted by atomic mass is 10.2. The highest BCUT2D eigenvalue weighted by molar-refractivity contribution is 8.29. The maximum atomic E-state index is 12.4. The number of ether oxygens (including phenoxy) is 1. The van der Waals surface area contributed by atoms with Crippen molar-refractivity contribution in [1.82, 2.24) is 5.32 Å². The Morgan fingerprint density at radius 2 is 2.00 bits per heavy atom. The van der Waals surface area contributed by atoms with Crippen molar-refractivity contribution in [1.29, 1.82) is 5.26 Å². The molecule has 1 aliphatic rings. The summed E-state index contributed by atoms with van der Waals surface area (Å²) in [6.07, 6.45) is 5.51. The quantitative estimate of drug-likeness (QED) is 0.346. The molecule has 0 bridgehead atoms. The Hall–Kier alpha value is -2.45. The van der Waals surface area contributed by atoms with E-state index >= 15 is 0 Å². The van der Waals surface area contributed by atoms with Crippen molar-refractivity contribution in [3.63, 3.8) is 0 Å². The summed E-state index contributed by atoms with van der Waals surface area (Å²) >= 11 is 7.06. The largest absolute Gasteiger partial charge is 0.442 e. The minimum absolute atomic E-state index is 0.0504. The first kappa shape index (κ1) is 27.1. The third-order valence-electron chi connectivity index (χ3n) is 5.92. The number of thiophene rings is 1. The molecular formula is C24H31ClN4O4S2. The number of nitrogens with zero attached hydrogens (tertiary/aromatic N) is 3.